The summed E-state index contributed by atoms with van der Waals surface area (Å²) in [7, 11) is 0. The summed E-state index contributed by atoms with van der Waals surface area (Å²) in [4.78, 5) is 19.6. The average molecular weight is 364 g/mol. The molecule has 0 aliphatic heterocycles. The van der Waals surface area contributed by atoms with Crippen LogP contribution in [0.1, 0.15) is 53.6 Å². The number of amides is 1. The number of H-pyrrole nitrogens is 1. The Morgan fingerprint density at radius 2 is 1.96 bits per heavy atom. The third kappa shape index (κ3) is 4.13. The van der Waals surface area contributed by atoms with Crippen molar-refractivity contribution < 1.29 is 4.79 Å². The summed E-state index contributed by atoms with van der Waals surface area (Å²) >= 11 is 0. The van der Waals surface area contributed by atoms with Gasteiger partial charge >= 0.3 is 0 Å². The molecule has 1 amide bonds. The predicted octanol–water partition coefficient (Wildman–Crippen LogP) is 4.26. The molecular formula is C22H28N4O. The van der Waals surface area contributed by atoms with Gasteiger partial charge in [-0.1, -0.05) is 50.1 Å². The van der Waals surface area contributed by atoms with Crippen LogP contribution in [-0.2, 0) is 19.4 Å². The number of nitrogens with one attached hydrogen (secondary N) is 1. The van der Waals surface area contributed by atoms with Crippen LogP contribution >= 0.6 is 0 Å². The van der Waals surface area contributed by atoms with E-state index in [1.165, 1.54) is 12.1 Å². The fourth-order valence-electron chi connectivity index (χ4n) is 3.77. The van der Waals surface area contributed by atoms with E-state index in [0.29, 0.717) is 5.56 Å². The standard InChI is InChI=1S/C22H28N4O/c1-3-4-6-11-19-21(17-9-7-5-8-10-17)20(22(23)27)16(2)26(19)13-12-18-14-24-15-25-18/h5,7-10,14-15H,3-4,6,11-13H2,1-2H3,(H2,23,27)(H,24,25). The SMILES string of the molecule is CCCCCc1c(-c2ccccc2)c(C(N)=O)c(C)n1CCc1cnc[nH]1. The van der Waals surface area contributed by atoms with Crippen molar-refractivity contribution in [1.29, 1.82) is 0 Å². The van der Waals surface area contributed by atoms with Gasteiger partial charge in [-0.25, -0.2) is 4.98 Å². The Balaban J connectivity index is 2.08. The van der Waals surface area contributed by atoms with Gasteiger partial charge < -0.3 is 15.3 Å². The molecule has 1 aromatic carbocycles. The second-order valence-corrected chi connectivity index (χ2v) is 6.95. The van der Waals surface area contributed by atoms with Gasteiger partial charge in [0.2, 0.25) is 0 Å². The average Bonchev–Trinajstić information content (AvgIpc) is 3.27. The van der Waals surface area contributed by atoms with Gasteiger partial charge in [-0.2, -0.15) is 0 Å². The highest BCUT2D eigenvalue weighted by atomic mass is 16.1. The van der Waals surface area contributed by atoms with Crippen LogP contribution in [-0.4, -0.2) is 20.4 Å². The molecular weight excluding hydrogens is 336 g/mol. The molecule has 3 rings (SSSR count). The van der Waals surface area contributed by atoms with Crippen molar-refractivity contribution in [3.63, 3.8) is 0 Å². The highest BCUT2D eigenvalue weighted by Gasteiger charge is 2.24. The lowest BCUT2D eigenvalue weighted by atomic mass is 9.97. The first kappa shape index (κ1) is 19.0. The second-order valence-electron chi connectivity index (χ2n) is 6.95. The number of aromatic amines is 1. The maximum atomic E-state index is 12.3. The molecule has 0 saturated heterocycles. The number of aryl methyl sites for hydroxylation is 1. The van der Waals surface area contributed by atoms with Gasteiger partial charge in [-0.05, 0) is 25.3 Å². The zero-order chi connectivity index (χ0) is 19.2. The van der Waals surface area contributed by atoms with Crippen molar-refractivity contribution >= 4 is 5.91 Å². The molecule has 5 heteroatoms. The van der Waals surface area contributed by atoms with Gasteiger partial charge in [0, 0.05) is 41.8 Å². The lowest BCUT2D eigenvalue weighted by Crippen LogP contribution is -2.14. The minimum atomic E-state index is -0.358. The summed E-state index contributed by atoms with van der Waals surface area (Å²) in [6.07, 6.45) is 8.76. The Morgan fingerprint density at radius 1 is 1.19 bits per heavy atom. The van der Waals surface area contributed by atoms with Gasteiger partial charge in [0.1, 0.15) is 0 Å². The van der Waals surface area contributed by atoms with Crippen LogP contribution in [0.5, 0.6) is 0 Å². The molecule has 2 heterocycles. The molecule has 0 bridgehead atoms. The number of hydrogen-bond acceptors (Lipinski definition) is 2. The fourth-order valence-corrected chi connectivity index (χ4v) is 3.77. The van der Waals surface area contributed by atoms with E-state index in [9.17, 15) is 4.79 Å². The maximum absolute atomic E-state index is 12.3. The van der Waals surface area contributed by atoms with Crippen molar-refractivity contribution in [3.05, 3.63) is 65.5 Å². The third-order valence-corrected chi connectivity index (χ3v) is 5.12. The number of imidazole rings is 1. The molecule has 0 spiro atoms. The lowest BCUT2D eigenvalue weighted by molar-refractivity contribution is 0.1000. The maximum Gasteiger partial charge on any atom is 0.251 e. The van der Waals surface area contributed by atoms with Crippen molar-refractivity contribution in [1.82, 2.24) is 14.5 Å². The van der Waals surface area contributed by atoms with Crippen molar-refractivity contribution in [2.24, 2.45) is 5.73 Å². The third-order valence-electron chi connectivity index (χ3n) is 5.12. The van der Waals surface area contributed by atoms with Crippen molar-refractivity contribution in [3.8, 4) is 11.1 Å². The topological polar surface area (TPSA) is 76.7 Å². The first-order chi connectivity index (χ1) is 13.1. The summed E-state index contributed by atoms with van der Waals surface area (Å²) in [5.41, 5.74) is 11.8. The van der Waals surface area contributed by atoms with Gasteiger partial charge in [0.15, 0.2) is 0 Å². The molecule has 5 nitrogen and oxygen atoms in total. The van der Waals surface area contributed by atoms with Crippen LogP contribution in [0.2, 0.25) is 0 Å². The molecule has 3 aromatic rings. The first-order valence-corrected chi connectivity index (χ1v) is 9.67. The van der Waals surface area contributed by atoms with E-state index in [1.807, 2.05) is 31.3 Å². The summed E-state index contributed by atoms with van der Waals surface area (Å²) < 4.78 is 2.28. The van der Waals surface area contributed by atoms with Crippen LogP contribution in [0, 0.1) is 6.92 Å². The van der Waals surface area contributed by atoms with Gasteiger partial charge in [-0.3, -0.25) is 4.79 Å². The lowest BCUT2D eigenvalue weighted by Gasteiger charge is -2.13. The van der Waals surface area contributed by atoms with E-state index >= 15 is 0 Å². The molecule has 0 unspecified atom stereocenters. The number of carbonyl (C=O) groups is 1. The molecule has 0 radical (unpaired) electrons. The van der Waals surface area contributed by atoms with Crippen molar-refractivity contribution in [2.75, 3.05) is 0 Å². The zero-order valence-corrected chi connectivity index (χ0v) is 16.2. The minimum Gasteiger partial charge on any atom is -0.366 e. The van der Waals surface area contributed by atoms with E-state index < -0.39 is 0 Å². The highest BCUT2D eigenvalue weighted by molar-refractivity contribution is 6.02. The summed E-state index contributed by atoms with van der Waals surface area (Å²) in [6, 6.07) is 10.1. The van der Waals surface area contributed by atoms with E-state index in [4.69, 9.17) is 5.73 Å². The molecule has 142 valence electrons. The van der Waals surface area contributed by atoms with Crippen LogP contribution in [0.3, 0.4) is 0 Å². The molecule has 0 saturated carbocycles. The van der Waals surface area contributed by atoms with Crippen LogP contribution in [0.15, 0.2) is 42.9 Å². The van der Waals surface area contributed by atoms with Gasteiger partial charge in [-0.15, -0.1) is 0 Å². The molecule has 0 aliphatic carbocycles. The minimum absolute atomic E-state index is 0.358. The molecule has 27 heavy (non-hydrogen) atoms. The van der Waals surface area contributed by atoms with Crippen LogP contribution < -0.4 is 5.73 Å². The second kappa shape index (κ2) is 8.71. The number of rotatable bonds is 9. The number of carbonyl (C=O) groups excluding carboxylic acids is 1. The van der Waals surface area contributed by atoms with E-state index in [1.54, 1.807) is 6.33 Å². The molecule has 3 N–H and O–H groups in total. The molecule has 0 fully saturated rings. The Bertz CT molecular complexity index is 879. The predicted molar refractivity (Wildman–Crippen MR) is 109 cm³/mol. The van der Waals surface area contributed by atoms with E-state index in [-0.39, 0.29) is 5.91 Å². The van der Waals surface area contributed by atoms with Gasteiger partial charge in [0.25, 0.3) is 5.91 Å². The van der Waals surface area contributed by atoms with E-state index in [0.717, 1.165) is 54.7 Å². The quantitative estimate of drug-likeness (QED) is 0.557. The summed E-state index contributed by atoms with van der Waals surface area (Å²) in [5, 5.41) is 0. The van der Waals surface area contributed by atoms with Crippen LogP contribution in [0.4, 0.5) is 0 Å². The Hall–Kier alpha value is -2.82. The van der Waals surface area contributed by atoms with Crippen molar-refractivity contribution in [2.45, 2.75) is 52.5 Å². The number of nitrogens with zero attached hydrogens (tertiary/aromatic N) is 2. The fraction of sp³-hybridized carbons (Fsp3) is 0.364. The number of hydrogen-bond donors (Lipinski definition) is 2. The normalized spacial score (nSPS) is 11.0. The van der Waals surface area contributed by atoms with E-state index in [2.05, 4.69) is 33.6 Å². The Labute approximate surface area is 160 Å². The summed E-state index contributed by atoms with van der Waals surface area (Å²) in [5.74, 6) is -0.358. The number of primary amides is 1. The monoisotopic (exact) mass is 364 g/mol. The number of aromatic nitrogens is 3. The van der Waals surface area contributed by atoms with Gasteiger partial charge in [0.05, 0.1) is 11.9 Å². The zero-order valence-electron chi connectivity index (χ0n) is 16.2. The first-order valence-electron chi connectivity index (χ1n) is 9.67. The number of unbranched alkanes of at least 4 members (excludes halogenated alkanes) is 2. The smallest absolute Gasteiger partial charge is 0.251 e. The largest absolute Gasteiger partial charge is 0.366 e. The Kier molecular flexibility index (Phi) is 6.12. The number of nitrogens with two attached hydrogens (primary N) is 1. The summed E-state index contributed by atoms with van der Waals surface area (Å²) in [6.45, 7) is 5.00. The highest BCUT2D eigenvalue weighted by Crippen LogP contribution is 2.34. The molecule has 0 aliphatic rings. The van der Waals surface area contributed by atoms with Crippen LogP contribution in [0.25, 0.3) is 11.1 Å². The Morgan fingerprint density at radius 3 is 2.59 bits per heavy atom. The molecule has 2 aromatic heterocycles. The molecule has 0 atom stereocenters. The number of benzene rings is 1.